The van der Waals surface area contributed by atoms with Crippen molar-refractivity contribution >= 4 is 22.7 Å². The number of halogens is 6. The van der Waals surface area contributed by atoms with E-state index in [1.54, 1.807) is 42.5 Å². The Kier molecular flexibility index (Phi) is 7.11. The molecule has 1 fully saturated rings. The molecule has 2 aromatic carbocycles. The van der Waals surface area contributed by atoms with Crippen LogP contribution in [0, 0.1) is 5.92 Å². The van der Waals surface area contributed by atoms with Crippen LogP contribution in [0.2, 0.25) is 0 Å². The Morgan fingerprint density at radius 3 is 2.42 bits per heavy atom. The highest BCUT2D eigenvalue weighted by molar-refractivity contribution is 5.89. The zero-order valence-electron chi connectivity index (χ0n) is 21.0. The number of rotatable bonds is 7. The van der Waals surface area contributed by atoms with E-state index in [-0.39, 0.29) is 11.4 Å². The van der Waals surface area contributed by atoms with E-state index in [1.165, 1.54) is 12.3 Å². The number of carbonyl (C=O) groups is 1. The second kappa shape index (κ2) is 10.4. The van der Waals surface area contributed by atoms with Crippen molar-refractivity contribution in [3.8, 4) is 22.9 Å². The van der Waals surface area contributed by atoms with Crippen molar-refractivity contribution in [1.82, 2.24) is 9.55 Å². The molecule has 1 atom stereocenters. The van der Waals surface area contributed by atoms with Gasteiger partial charge in [0.15, 0.2) is 6.10 Å². The van der Waals surface area contributed by atoms with Crippen LogP contribution in [-0.2, 0) is 17.5 Å². The number of hydrogen-bond acceptors (Lipinski definition) is 4. The number of carbonyl (C=O) groups excluding carboxylic acids is 1. The number of amides is 1. The Balaban J connectivity index is 1.41. The number of aromatic nitrogens is 2. The summed E-state index contributed by atoms with van der Waals surface area (Å²) in [7, 11) is 0. The van der Waals surface area contributed by atoms with E-state index in [4.69, 9.17) is 4.74 Å². The van der Waals surface area contributed by atoms with Crippen LogP contribution in [0.25, 0.3) is 22.2 Å². The van der Waals surface area contributed by atoms with E-state index < -0.39 is 36.0 Å². The van der Waals surface area contributed by atoms with Crippen LogP contribution < -0.4 is 10.1 Å². The minimum absolute atomic E-state index is 0.199. The number of alkyl halides is 6. The highest BCUT2D eigenvalue weighted by atomic mass is 19.4. The highest BCUT2D eigenvalue weighted by Crippen LogP contribution is 2.39. The smallest absolute Gasteiger partial charge is 0.425 e. The maximum absolute atomic E-state index is 13.4. The molecule has 0 bridgehead atoms. The third-order valence-corrected chi connectivity index (χ3v) is 6.48. The van der Waals surface area contributed by atoms with Gasteiger partial charge in [-0.25, -0.2) is 9.78 Å². The second-order valence-electron chi connectivity index (χ2n) is 9.55. The van der Waals surface area contributed by atoms with Gasteiger partial charge in [-0.1, -0.05) is 12.1 Å². The summed E-state index contributed by atoms with van der Waals surface area (Å²) < 4.78 is 90.2. The van der Waals surface area contributed by atoms with Gasteiger partial charge >= 0.3 is 18.4 Å². The Morgan fingerprint density at radius 1 is 1.05 bits per heavy atom. The second-order valence-corrected chi connectivity index (χ2v) is 9.55. The number of hydrogen-bond donors (Lipinski definition) is 1. The summed E-state index contributed by atoms with van der Waals surface area (Å²) in [6.07, 6.45) is -9.43. The Bertz CT molecular complexity index is 1530. The van der Waals surface area contributed by atoms with Crippen LogP contribution in [0.1, 0.15) is 25.3 Å². The summed E-state index contributed by atoms with van der Waals surface area (Å²) in [6.45, 7) is 1.42. The molecular weight excluding hydrogens is 540 g/mol. The molecule has 6 nitrogen and oxygen atoms in total. The van der Waals surface area contributed by atoms with Crippen molar-refractivity contribution in [2.45, 2.75) is 44.8 Å². The number of nitrogens with zero attached hydrogens (tertiary/aromatic N) is 2. The van der Waals surface area contributed by atoms with Gasteiger partial charge in [-0.2, -0.15) is 26.3 Å². The molecule has 0 aliphatic heterocycles. The number of nitrogens with one attached hydrogen (secondary N) is 1. The zero-order valence-corrected chi connectivity index (χ0v) is 21.0. The number of anilines is 1. The van der Waals surface area contributed by atoms with Crippen molar-refractivity contribution in [1.29, 1.82) is 0 Å². The van der Waals surface area contributed by atoms with Gasteiger partial charge in [0.25, 0.3) is 0 Å². The lowest BCUT2D eigenvalue weighted by molar-refractivity contribution is -0.196. The molecule has 0 saturated heterocycles. The molecule has 210 valence electrons. The molecule has 12 heteroatoms. The molecule has 40 heavy (non-hydrogen) atoms. The molecule has 5 rings (SSSR count). The molecule has 1 amide bonds. The largest absolute Gasteiger partial charge is 0.438 e. The topological polar surface area (TPSA) is 65.4 Å². The predicted octanol–water partition coefficient (Wildman–Crippen LogP) is 8.42. The Labute approximate surface area is 224 Å². The molecule has 1 saturated carbocycles. The molecule has 2 aromatic heterocycles. The van der Waals surface area contributed by atoms with E-state index in [0.717, 1.165) is 48.0 Å². The minimum atomic E-state index is -4.67. The quantitative estimate of drug-likeness (QED) is 0.229. The molecule has 0 unspecified atom stereocenters. The van der Waals surface area contributed by atoms with Gasteiger partial charge in [0.1, 0.15) is 11.3 Å². The average molecular weight is 563 g/mol. The minimum Gasteiger partial charge on any atom is -0.438 e. The van der Waals surface area contributed by atoms with Crippen molar-refractivity contribution < 1.29 is 40.6 Å². The van der Waals surface area contributed by atoms with Crippen LogP contribution in [0.5, 0.6) is 11.6 Å². The summed E-state index contributed by atoms with van der Waals surface area (Å²) in [4.78, 5) is 15.6. The number of pyridine rings is 1. The van der Waals surface area contributed by atoms with Gasteiger partial charge in [-0.15, -0.1) is 0 Å². The number of fused-ring (bicyclic) bond motifs is 1. The molecule has 4 aromatic rings. The molecule has 2 heterocycles. The summed E-state index contributed by atoms with van der Waals surface area (Å²) in [5.74, 6) is 0.114. The van der Waals surface area contributed by atoms with Crippen LogP contribution in [0.15, 0.2) is 66.9 Å². The fraction of sp³-hybridized carbons (Fsp3) is 0.286. The Hall–Kier alpha value is -4.22. The van der Waals surface area contributed by atoms with Crippen LogP contribution >= 0.6 is 0 Å². The van der Waals surface area contributed by atoms with E-state index in [1.807, 2.05) is 6.07 Å². The van der Waals surface area contributed by atoms with Gasteiger partial charge in [-0.05, 0) is 73.7 Å². The predicted molar refractivity (Wildman–Crippen MR) is 135 cm³/mol. The zero-order chi connectivity index (χ0) is 28.7. The third kappa shape index (κ3) is 6.16. The van der Waals surface area contributed by atoms with E-state index in [2.05, 4.69) is 19.6 Å². The first-order chi connectivity index (χ1) is 18.9. The van der Waals surface area contributed by atoms with Gasteiger partial charge in [0.2, 0.25) is 5.88 Å². The monoisotopic (exact) mass is 563 g/mol. The summed E-state index contributed by atoms with van der Waals surface area (Å²) >= 11 is 0. The van der Waals surface area contributed by atoms with Crippen molar-refractivity contribution in [3.63, 3.8) is 0 Å². The standard InChI is InChI=1S/C28H23F6N3O3/c1-16(27(29,30)31)39-26(38)36-20-9-6-18(7-10-20)23-13-19-8-11-21(14-24(19)37(23)15-17-4-5-17)40-25-22(28(32,33)34)3-2-12-35-25/h2-3,6-14,16-17H,4-5,15H2,1H3,(H,36,38)/t16-/m1/s1. The lowest BCUT2D eigenvalue weighted by Crippen LogP contribution is -2.32. The summed E-state index contributed by atoms with van der Waals surface area (Å²) in [5, 5.41) is 3.12. The normalized spacial score (nSPS) is 14.7. The SMILES string of the molecule is C[C@@H](OC(=O)Nc1ccc(-c2cc3ccc(Oc4ncccc4C(F)(F)F)cc3n2CC2CC2)cc1)C(F)(F)F. The fourth-order valence-corrected chi connectivity index (χ4v) is 4.19. The van der Waals surface area contributed by atoms with Crippen LogP contribution in [-0.4, -0.2) is 27.9 Å². The first kappa shape index (κ1) is 27.4. The van der Waals surface area contributed by atoms with Gasteiger partial charge < -0.3 is 14.0 Å². The lowest BCUT2D eigenvalue weighted by atomic mass is 10.1. The number of ether oxygens (including phenoxy) is 2. The summed E-state index contributed by atoms with van der Waals surface area (Å²) in [5.41, 5.74) is 1.63. The average Bonchev–Trinajstić information content (AvgIpc) is 3.64. The van der Waals surface area contributed by atoms with E-state index in [9.17, 15) is 31.1 Å². The van der Waals surface area contributed by atoms with Crippen LogP contribution in [0.4, 0.5) is 36.8 Å². The molecule has 1 aliphatic carbocycles. The fourth-order valence-electron chi connectivity index (χ4n) is 4.19. The molecule has 0 spiro atoms. The maximum Gasteiger partial charge on any atom is 0.425 e. The molecule has 1 N–H and O–H groups in total. The van der Waals surface area contributed by atoms with Gasteiger partial charge in [-0.3, -0.25) is 5.32 Å². The molecule has 1 aliphatic rings. The highest BCUT2D eigenvalue weighted by Gasteiger charge is 2.39. The lowest BCUT2D eigenvalue weighted by Gasteiger charge is -2.16. The summed E-state index contributed by atoms with van der Waals surface area (Å²) in [6, 6.07) is 15.5. The molecule has 0 radical (unpaired) electrons. The first-order valence-corrected chi connectivity index (χ1v) is 12.4. The third-order valence-electron chi connectivity index (χ3n) is 6.48. The maximum atomic E-state index is 13.4. The van der Waals surface area contributed by atoms with Crippen molar-refractivity contribution in [2.75, 3.05) is 5.32 Å². The van der Waals surface area contributed by atoms with E-state index in [0.29, 0.717) is 12.5 Å². The van der Waals surface area contributed by atoms with Gasteiger partial charge in [0.05, 0.1) is 5.52 Å². The van der Waals surface area contributed by atoms with Crippen LogP contribution in [0.3, 0.4) is 0 Å². The van der Waals surface area contributed by atoms with Crippen molar-refractivity contribution in [3.05, 3.63) is 72.4 Å². The number of benzene rings is 2. The van der Waals surface area contributed by atoms with Crippen molar-refractivity contribution in [2.24, 2.45) is 5.92 Å². The first-order valence-electron chi connectivity index (χ1n) is 12.4. The molecular formula is C28H23F6N3O3. The van der Waals surface area contributed by atoms with Gasteiger partial charge in [0, 0.05) is 35.6 Å². The van der Waals surface area contributed by atoms with E-state index >= 15 is 0 Å². The Morgan fingerprint density at radius 2 is 1.77 bits per heavy atom.